The molecule has 2 N–H and O–H groups in total. The molecule has 124 valence electrons. The molecule has 0 spiro atoms. The number of carbonyl (C=O) groups excluding carboxylic acids is 1. The molecule has 1 fully saturated rings. The molecule has 0 bridgehead atoms. The van der Waals surface area contributed by atoms with E-state index in [1.165, 1.54) is 0 Å². The topological polar surface area (TPSA) is 50.4 Å². The minimum absolute atomic E-state index is 0. The summed E-state index contributed by atoms with van der Waals surface area (Å²) in [6.07, 6.45) is -4.67. The van der Waals surface area contributed by atoms with E-state index >= 15 is 0 Å². The maximum absolute atomic E-state index is 13.0. The van der Waals surface area contributed by atoms with E-state index in [2.05, 4.69) is 10.6 Å². The third-order valence-corrected chi connectivity index (χ3v) is 3.07. The average Bonchev–Trinajstić information content (AvgIpc) is 2.45. The van der Waals surface area contributed by atoms with E-state index in [1.54, 1.807) is 0 Å². The lowest BCUT2D eigenvalue weighted by Crippen LogP contribution is -2.51. The van der Waals surface area contributed by atoms with E-state index in [9.17, 15) is 22.4 Å². The summed E-state index contributed by atoms with van der Waals surface area (Å²) >= 11 is 0. The van der Waals surface area contributed by atoms with Crippen molar-refractivity contribution < 1.29 is 27.1 Å². The number of amides is 1. The average molecular weight is 343 g/mol. The summed E-state index contributed by atoms with van der Waals surface area (Å²) < 4.78 is 56.4. The van der Waals surface area contributed by atoms with Gasteiger partial charge in [-0.15, -0.1) is 12.4 Å². The number of rotatable bonds is 3. The van der Waals surface area contributed by atoms with Crippen LogP contribution in [0.4, 0.5) is 17.6 Å². The second-order valence-electron chi connectivity index (χ2n) is 4.60. The van der Waals surface area contributed by atoms with Crippen LogP contribution in [0.1, 0.15) is 11.1 Å². The third-order valence-electron chi connectivity index (χ3n) is 3.07. The van der Waals surface area contributed by atoms with Crippen molar-refractivity contribution in [3.05, 3.63) is 35.1 Å². The summed E-state index contributed by atoms with van der Waals surface area (Å²) in [5, 5.41) is 5.29. The summed E-state index contributed by atoms with van der Waals surface area (Å²) in [6.45, 7) is 0.829. The van der Waals surface area contributed by atoms with Gasteiger partial charge in [-0.25, -0.2) is 4.39 Å². The Morgan fingerprint density at radius 2 is 2.14 bits per heavy atom. The maximum atomic E-state index is 13.0. The van der Waals surface area contributed by atoms with Crippen LogP contribution in [0.3, 0.4) is 0 Å². The molecule has 1 aliphatic rings. The lowest BCUT2D eigenvalue weighted by molar-refractivity contribution is -0.138. The number of ether oxygens (including phenoxy) is 1. The molecular weight excluding hydrogens is 328 g/mol. The van der Waals surface area contributed by atoms with Crippen LogP contribution in [0.15, 0.2) is 18.2 Å². The van der Waals surface area contributed by atoms with Gasteiger partial charge in [0.05, 0.1) is 18.8 Å². The van der Waals surface area contributed by atoms with Gasteiger partial charge in [-0.1, -0.05) is 6.07 Å². The van der Waals surface area contributed by atoms with Crippen LogP contribution in [0, 0.1) is 5.82 Å². The number of benzene rings is 1. The summed E-state index contributed by atoms with van der Waals surface area (Å²) in [4.78, 5) is 11.8. The van der Waals surface area contributed by atoms with Gasteiger partial charge in [-0.05, 0) is 17.7 Å². The summed E-state index contributed by atoms with van der Waals surface area (Å²) in [5.41, 5.74) is -1.27. The lowest BCUT2D eigenvalue weighted by Gasteiger charge is -2.23. The van der Waals surface area contributed by atoms with Crippen LogP contribution in [0.25, 0.3) is 0 Å². The molecule has 1 aromatic rings. The van der Waals surface area contributed by atoms with Gasteiger partial charge in [0.2, 0.25) is 5.91 Å². The largest absolute Gasteiger partial charge is 0.416 e. The lowest BCUT2D eigenvalue weighted by atomic mass is 10.1. The number of halogens is 5. The zero-order chi connectivity index (χ0) is 15.5. The molecule has 1 aliphatic heterocycles. The molecule has 1 heterocycles. The fourth-order valence-electron chi connectivity index (χ4n) is 2.01. The molecular formula is C13H15ClF4N2O2. The van der Waals surface area contributed by atoms with Crippen LogP contribution < -0.4 is 10.6 Å². The molecule has 4 nitrogen and oxygen atoms in total. The molecule has 1 aromatic carbocycles. The first-order chi connectivity index (χ1) is 9.88. The Labute approximate surface area is 130 Å². The first-order valence-corrected chi connectivity index (χ1v) is 6.32. The van der Waals surface area contributed by atoms with Crippen molar-refractivity contribution >= 4 is 18.3 Å². The highest BCUT2D eigenvalue weighted by molar-refractivity contribution is 5.85. The fraction of sp³-hybridized carbons (Fsp3) is 0.462. The molecule has 0 aliphatic carbocycles. The van der Waals surface area contributed by atoms with Crippen molar-refractivity contribution in [3.8, 4) is 0 Å². The standard InChI is InChI=1S/C13H14F4N2O2.ClH/c14-9-2-1-8(10(5-9)13(15,16)17)6-19-12(20)11-7-21-4-3-18-11;/h1-2,5,11,18H,3-4,6-7H2,(H,19,20);1H. The predicted octanol–water partition coefficient (Wildman–Crippen LogP) is 1.87. The summed E-state index contributed by atoms with van der Waals surface area (Å²) in [7, 11) is 0. The Morgan fingerprint density at radius 3 is 2.73 bits per heavy atom. The van der Waals surface area contributed by atoms with Crippen LogP contribution in [0.5, 0.6) is 0 Å². The maximum Gasteiger partial charge on any atom is 0.416 e. The number of nitrogens with one attached hydrogen (secondary N) is 2. The van der Waals surface area contributed by atoms with Gasteiger partial charge >= 0.3 is 6.18 Å². The van der Waals surface area contributed by atoms with Gasteiger partial charge in [-0.2, -0.15) is 13.2 Å². The third kappa shape index (κ3) is 4.82. The van der Waals surface area contributed by atoms with Crippen molar-refractivity contribution in [3.63, 3.8) is 0 Å². The molecule has 1 saturated heterocycles. The Hall–Kier alpha value is -1.38. The normalized spacial score (nSPS) is 18.5. The van der Waals surface area contributed by atoms with Gasteiger partial charge in [0, 0.05) is 13.1 Å². The van der Waals surface area contributed by atoms with Gasteiger partial charge in [-0.3, -0.25) is 4.79 Å². The zero-order valence-corrected chi connectivity index (χ0v) is 12.2. The number of hydrogen-bond donors (Lipinski definition) is 2. The minimum atomic E-state index is -4.67. The number of carbonyl (C=O) groups is 1. The minimum Gasteiger partial charge on any atom is -0.378 e. The quantitative estimate of drug-likeness (QED) is 0.825. The van der Waals surface area contributed by atoms with E-state index in [-0.39, 0.29) is 31.1 Å². The van der Waals surface area contributed by atoms with E-state index < -0.39 is 29.5 Å². The van der Waals surface area contributed by atoms with E-state index in [0.717, 1.165) is 12.1 Å². The van der Waals surface area contributed by atoms with Crippen LogP contribution in [0.2, 0.25) is 0 Å². The highest BCUT2D eigenvalue weighted by Gasteiger charge is 2.34. The number of hydrogen-bond acceptors (Lipinski definition) is 3. The second-order valence-corrected chi connectivity index (χ2v) is 4.60. The Bertz CT molecular complexity index is 519. The first kappa shape index (κ1) is 18.7. The summed E-state index contributed by atoms with van der Waals surface area (Å²) in [6, 6.07) is 1.78. The fourth-order valence-corrected chi connectivity index (χ4v) is 2.01. The van der Waals surface area contributed by atoms with Gasteiger partial charge in [0.15, 0.2) is 0 Å². The first-order valence-electron chi connectivity index (χ1n) is 6.32. The Balaban J connectivity index is 0.00000242. The molecule has 1 atom stereocenters. The van der Waals surface area contributed by atoms with E-state index in [4.69, 9.17) is 4.74 Å². The van der Waals surface area contributed by atoms with Crippen molar-refractivity contribution in [2.24, 2.45) is 0 Å². The van der Waals surface area contributed by atoms with Crippen molar-refractivity contribution in [1.82, 2.24) is 10.6 Å². The smallest absolute Gasteiger partial charge is 0.378 e. The monoisotopic (exact) mass is 342 g/mol. The van der Waals surface area contributed by atoms with Gasteiger partial charge < -0.3 is 15.4 Å². The highest BCUT2D eigenvalue weighted by Crippen LogP contribution is 2.32. The van der Waals surface area contributed by atoms with Crippen molar-refractivity contribution in [2.45, 2.75) is 18.8 Å². The summed E-state index contributed by atoms with van der Waals surface area (Å²) in [5.74, 6) is -1.42. The van der Waals surface area contributed by atoms with Crippen LogP contribution in [-0.2, 0) is 22.3 Å². The molecule has 1 unspecified atom stereocenters. The SMILES string of the molecule is Cl.O=C(NCc1ccc(F)cc1C(F)(F)F)C1COCCN1. The van der Waals surface area contributed by atoms with Gasteiger partial charge in [0.1, 0.15) is 11.9 Å². The number of morpholine rings is 1. The Kier molecular flexibility index (Phi) is 6.58. The molecule has 0 radical (unpaired) electrons. The van der Waals surface area contributed by atoms with Crippen LogP contribution >= 0.6 is 12.4 Å². The van der Waals surface area contributed by atoms with Crippen molar-refractivity contribution in [2.75, 3.05) is 19.8 Å². The van der Waals surface area contributed by atoms with Gasteiger partial charge in [0.25, 0.3) is 0 Å². The second kappa shape index (κ2) is 7.75. The zero-order valence-electron chi connectivity index (χ0n) is 11.4. The molecule has 2 rings (SSSR count). The van der Waals surface area contributed by atoms with Crippen molar-refractivity contribution in [1.29, 1.82) is 0 Å². The number of alkyl halides is 3. The predicted molar refractivity (Wildman–Crippen MR) is 73.1 cm³/mol. The molecule has 22 heavy (non-hydrogen) atoms. The van der Waals surface area contributed by atoms with E-state index in [1.807, 2.05) is 0 Å². The van der Waals surface area contributed by atoms with E-state index in [0.29, 0.717) is 19.2 Å². The molecule has 0 saturated carbocycles. The molecule has 1 amide bonds. The van der Waals surface area contributed by atoms with Crippen LogP contribution in [-0.4, -0.2) is 31.7 Å². The molecule has 0 aromatic heterocycles. The highest BCUT2D eigenvalue weighted by atomic mass is 35.5. The molecule has 9 heteroatoms. The Morgan fingerprint density at radius 1 is 1.41 bits per heavy atom.